The van der Waals surface area contributed by atoms with E-state index in [2.05, 4.69) is 0 Å². The lowest BCUT2D eigenvalue weighted by atomic mass is 10.2. The predicted molar refractivity (Wildman–Crippen MR) is 47.6 cm³/mol. The second-order valence-corrected chi connectivity index (χ2v) is 2.87. The molecule has 0 saturated heterocycles. The summed E-state index contributed by atoms with van der Waals surface area (Å²) < 4.78 is 1.41. The molecule has 0 amide bonds. The second-order valence-electron chi connectivity index (χ2n) is 2.87. The summed E-state index contributed by atoms with van der Waals surface area (Å²) in [5, 5.41) is 26.3. The van der Waals surface area contributed by atoms with E-state index in [0.29, 0.717) is 0 Å². The van der Waals surface area contributed by atoms with Gasteiger partial charge in [0.15, 0.2) is 0 Å². The number of rotatable bonds is 4. The molecule has 0 bridgehead atoms. The van der Waals surface area contributed by atoms with Crippen LogP contribution in [0.1, 0.15) is 16.9 Å². The first-order valence-electron chi connectivity index (χ1n) is 4.08. The Kier molecular flexibility index (Phi) is 3.26. The highest BCUT2D eigenvalue weighted by atomic mass is 16.4. The zero-order valence-electron chi connectivity index (χ0n) is 7.42. The molecule has 0 spiro atoms. The summed E-state index contributed by atoms with van der Waals surface area (Å²) in [5.41, 5.74) is 0.113. The lowest BCUT2D eigenvalue weighted by Gasteiger charge is -2.09. The molecule has 0 aliphatic rings. The van der Waals surface area contributed by atoms with Crippen LogP contribution in [0.3, 0.4) is 0 Å². The van der Waals surface area contributed by atoms with E-state index in [1.807, 2.05) is 6.07 Å². The Morgan fingerprint density at radius 2 is 2.43 bits per heavy atom. The van der Waals surface area contributed by atoms with Gasteiger partial charge in [0.1, 0.15) is 5.69 Å². The summed E-state index contributed by atoms with van der Waals surface area (Å²) in [6.45, 7) is 0.127. The Balaban J connectivity index is 2.72. The van der Waals surface area contributed by atoms with Crippen molar-refractivity contribution in [3.8, 4) is 6.07 Å². The predicted octanol–water partition coefficient (Wildman–Crippen LogP) is 0.461. The monoisotopic (exact) mass is 194 g/mol. The van der Waals surface area contributed by atoms with Crippen molar-refractivity contribution in [2.75, 3.05) is 0 Å². The van der Waals surface area contributed by atoms with Gasteiger partial charge in [-0.25, -0.2) is 4.79 Å². The first-order valence-corrected chi connectivity index (χ1v) is 4.08. The lowest BCUT2D eigenvalue weighted by Crippen LogP contribution is -2.18. The highest BCUT2D eigenvalue weighted by Gasteiger charge is 2.11. The SMILES string of the molecule is N#CCC(O)Cn1cccc1C(=O)O. The summed E-state index contributed by atoms with van der Waals surface area (Å²) in [5.74, 6) is -1.04. The Morgan fingerprint density at radius 1 is 1.71 bits per heavy atom. The molecule has 1 aromatic rings. The van der Waals surface area contributed by atoms with Gasteiger partial charge in [-0.1, -0.05) is 0 Å². The number of hydrogen-bond acceptors (Lipinski definition) is 3. The Hall–Kier alpha value is -1.80. The van der Waals surface area contributed by atoms with Crippen LogP contribution in [-0.2, 0) is 6.54 Å². The van der Waals surface area contributed by atoms with Crippen molar-refractivity contribution in [3.63, 3.8) is 0 Å². The standard InChI is InChI=1S/C9H10N2O3/c10-4-3-7(12)6-11-5-1-2-8(11)9(13)14/h1-2,5,7,12H,3,6H2,(H,13,14). The molecule has 1 heterocycles. The number of nitriles is 1. The number of carboxylic acids is 1. The van der Waals surface area contributed by atoms with Crippen LogP contribution in [0.25, 0.3) is 0 Å². The van der Waals surface area contributed by atoms with Gasteiger partial charge in [0, 0.05) is 12.7 Å². The van der Waals surface area contributed by atoms with Crippen LogP contribution >= 0.6 is 0 Å². The maximum Gasteiger partial charge on any atom is 0.352 e. The summed E-state index contributed by atoms with van der Waals surface area (Å²) in [6, 6.07) is 4.85. The van der Waals surface area contributed by atoms with E-state index in [4.69, 9.17) is 10.4 Å². The van der Waals surface area contributed by atoms with E-state index in [1.54, 1.807) is 12.3 Å². The summed E-state index contributed by atoms with van der Waals surface area (Å²) >= 11 is 0. The third-order valence-corrected chi connectivity index (χ3v) is 1.78. The average Bonchev–Trinajstić information content (AvgIpc) is 2.52. The molecule has 1 rings (SSSR count). The third-order valence-electron chi connectivity index (χ3n) is 1.78. The number of carbonyl (C=O) groups is 1. The van der Waals surface area contributed by atoms with Crippen LogP contribution in [-0.4, -0.2) is 26.9 Å². The lowest BCUT2D eigenvalue weighted by molar-refractivity contribution is 0.0680. The molecule has 5 nitrogen and oxygen atoms in total. The topological polar surface area (TPSA) is 86.2 Å². The van der Waals surface area contributed by atoms with Crippen molar-refractivity contribution < 1.29 is 15.0 Å². The average molecular weight is 194 g/mol. The number of hydrogen-bond donors (Lipinski definition) is 2. The number of aliphatic hydroxyl groups excluding tert-OH is 1. The fourth-order valence-electron chi connectivity index (χ4n) is 1.16. The Bertz CT molecular complexity index is 364. The maximum atomic E-state index is 10.7. The van der Waals surface area contributed by atoms with E-state index < -0.39 is 12.1 Å². The maximum absolute atomic E-state index is 10.7. The molecule has 0 saturated carbocycles. The molecule has 14 heavy (non-hydrogen) atoms. The van der Waals surface area contributed by atoms with Gasteiger partial charge in [0.05, 0.1) is 18.6 Å². The molecule has 0 aliphatic carbocycles. The van der Waals surface area contributed by atoms with Crippen LogP contribution in [0.5, 0.6) is 0 Å². The van der Waals surface area contributed by atoms with Crippen LogP contribution in [0.2, 0.25) is 0 Å². The molecule has 2 N–H and O–H groups in total. The van der Waals surface area contributed by atoms with Crippen molar-refractivity contribution in [1.82, 2.24) is 4.57 Å². The van der Waals surface area contributed by atoms with Gasteiger partial charge in [-0.15, -0.1) is 0 Å². The Labute approximate surface area is 80.8 Å². The van der Waals surface area contributed by atoms with Crippen LogP contribution in [0.15, 0.2) is 18.3 Å². The molecule has 0 aliphatic heterocycles. The highest BCUT2D eigenvalue weighted by Crippen LogP contribution is 2.05. The summed E-state index contributed by atoms with van der Waals surface area (Å²) in [6.07, 6.45) is 0.729. The van der Waals surface area contributed by atoms with Gasteiger partial charge in [0.2, 0.25) is 0 Å². The van der Waals surface area contributed by atoms with E-state index in [0.717, 1.165) is 0 Å². The van der Waals surface area contributed by atoms with E-state index >= 15 is 0 Å². The zero-order chi connectivity index (χ0) is 10.6. The molecule has 1 aromatic heterocycles. The molecular formula is C9H10N2O3. The van der Waals surface area contributed by atoms with Crippen LogP contribution in [0, 0.1) is 11.3 Å². The normalized spacial score (nSPS) is 12.0. The first-order chi connectivity index (χ1) is 6.65. The largest absolute Gasteiger partial charge is 0.477 e. The summed E-state index contributed by atoms with van der Waals surface area (Å²) in [7, 11) is 0. The van der Waals surface area contributed by atoms with Crippen LogP contribution < -0.4 is 0 Å². The number of carboxylic acid groups (broad SMARTS) is 1. The van der Waals surface area contributed by atoms with Crippen LogP contribution in [0.4, 0.5) is 0 Å². The van der Waals surface area contributed by atoms with Gasteiger partial charge < -0.3 is 14.8 Å². The molecule has 0 radical (unpaired) electrons. The summed E-state index contributed by atoms with van der Waals surface area (Å²) in [4.78, 5) is 10.7. The van der Waals surface area contributed by atoms with Crippen molar-refractivity contribution >= 4 is 5.97 Å². The number of aromatic carboxylic acids is 1. The van der Waals surface area contributed by atoms with Crippen molar-refractivity contribution in [2.45, 2.75) is 19.1 Å². The number of aromatic nitrogens is 1. The van der Waals surface area contributed by atoms with Gasteiger partial charge in [0.25, 0.3) is 0 Å². The third kappa shape index (κ3) is 2.34. The minimum atomic E-state index is -1.04. The molecule has 74 valence electrons. The van der Waals surface area contributed by atoms with Gasteiger partial charge in [-0.05, 0) is 12.1 Å². The highest BCUT2D eigenvalue weighted by molar-refractivity contribution is 5.85. The molecular weight excluding hydrogens is 184 g/mol. The molecule has 1 unspecified atom stereocenters. The van der Waals surface area contributed by atoms with E-state index in [1.165, 1.54) is 10.6 Å². The first kappa shape index (κ1) is 10.3. The molecule has 5 heteroatoms. The number of nitrogens with zero attached hydrogens (tertiary/aromatic N) is 2. The molecule has 0 fully saturated rings. The molecule has 0 aromatic carbocycles. The van der Waals surface area contributed by atoms with Gasteiger partial charge in [-0.2, -0.15) is 5.26 Å². The Morgan fingerprint density at radius 3 is 3.00 bits per heavy atom. The fraction of sp³-hybridized carbons (Fsp3) is 0.333. The van der Waals surface area contributed by atoms with E-state index in [9.17, 15) is 9.90 Å². The van der Waals surface area contributed by atoms with E-state index in [-0.39, 0.29) is 18.7 Å². The van der Waals surface area contributed by atoms with Gasteiger partial charge >= 0.3 is 5.97 Å². The number of aliphatic hydroxyl groups is 1. The minimum Gasteiger partial charge on any atom is -0.477 e. The fourth-order valence-corrected chi connectivity index (χ4v) is 1.16. The minimum absolute atomic E-state index is 0.00274. The van der Waals surface area contributed by atoms with Crippen molar-refractivity contribution in [3.05, 3.63) is 24.0 Å². The smallest absolute Gasteiger partial charge is 0.352 e. The quantitative estimate of drug-likeness (QED) is 0.729. The van der Waals surface area contributed by atoms with Gasteiger partial charge in [-0.3, -0.25) is 0 Å². The van der Waals surface area contributed by atoms with Crippen molar-refractivity contribution in [1.29, 1.82) is 5.26 Å². The van der Waals surface area contributed by atoms with Crippen molar-refractivity contribution in [2.24, 2.45) is 0 Å². The molecule has 1 atom stereocenters. The second kappa shape index (κ2) is 4.44. The zero-order valence-corrected chi connectivity index (χ0v) is 7.42.